The van der Waals surface area contributed by atoms with E-state index >= 15 is 0 Å². The normalized spacial score (nSPS) is 11.9. The minimum absolute atomic E-state index is 0.187. The summed E-state index contributed by atoms with van der Waals surface area (Å²) in [6, 6.07) is 6.54. The summed E-state index contributed by atoms with van der Waals surface area (Å²) in [5, 5.41) is 7.29. The molecule has 1 aromatic carbocycles. The number of rotatable bonds is 4. The fourth-order valence-corrected chi connectivity index (χ4v) is 1.89. The second-order valence-corrected chi connectivity index (χ2v) is 5.12. The first kappa shape index (κ1) is 14.5. The van der Waals surface area contributed by atoms with Gasteiger partial charge in [0.25, 0.3) is 0 Å². The predicted molar refractivity (Wildman–Crippen MR) is 82.9 cm³/mol. The molecule has 1 unspecified atom stereocenters. The Balaban J connectivity index is 2.05. The molecule has 7 heteroatoms. The van der Waals surface area contributed by atoms with Crippen LogP contribution in [0, 0.1) is 0 Å². The Kier molecular flexibility index (Phi) is 4.36. The standard InChI is InChI=1S/C13H13ClN4OS/c1-8(18-7-10(14)6-16-18)13(19)17-11-4-2-9(3-5-11)12(15)20/h2-8H,1H3,(H2,15,20)(H,17,19). The second kappa shape index (κ2) is 6.02. The lowest BCUT2D eigenvalue weighted by molar-refractivity contribution is -0.119. The van der Waals surface area contributed by atoms with E-state index in [9.17, 15) is 4.79 Å². The van der Waals surface area contributed by atoms with Gasteiger partial charge < -0.3 is 11.1 Å². The molecule has 2 aromatic rings. The fourth-order valence-electron chi connectivity index (χ4n) is 1.61. The molecule has 3 N–H and O–H groups in total. The summed E-state index contributed by atoms with van der Waals surface area (Å²) in [7, 11) is 0. The number of halogens is 1. The first-order valence-electron chi connectivity index (χ1n) is 5.88. The molecule has 5 nitrogen and oxygen atoms in total. The maximum absolute atomic E-state index is 12.1. The van der Waals surface area contributed by atoms with Gasteiger partial charge in [-0.2, -0.15) is 5.10 Å². The number of hydrogen-bond donors (Lipinski definition) is 2. The van der Waals surface area contributed by atoms with Crippen LogP contribution >= 0.6 is 23.8 Å². The van der Waals surface area contributed by atoms with Crippen LogP contribution in [0.2, 0.25) is 5.02 Å². The van der Waals surface area contributed by atoms with Crippen molar-refractivity contribution in [2.45, 2.75) is 13.0 Å². The van der Waals surface area contributed by atoms with Crippen LogP contribution in [-0.4, -0.2) is 20.7 Å². The van der Waals surface area contributed by atoms with Crippen molar-refractivity contribution < 1.29 is 4.79 Å². The molecule has 0 aliphatic rings. The number of nitrogens with one attached hydrogen (secondary N) is 1. The van der Waals surface area contributed by atoms with Gasteiger partial charge in [0.15, 0.2) is 0 Å². The van der Waals surface area contributed by atoms with Crippen molar-refractivity contribution >= 4 is 40.4 Å². The highest BCUT2D eigenvalue weighted by Crippen LogP contribution is 2.14. The van der Waals surface area contributed by atoms with Gasteiger partial charge in [0.05, 0.1) is 11.2 Å². The Morgan fingerprint density at radius 2 is 2.10 bits per heavy atom. The van der Waals surface area contributed by atoms with Crippen LogP contribution < -0.4 is 11.1 Å². The van der Waals surface area contributed by atoms with E-state index in [1.165, 1.54) is 10.9 Å². The van der Waals surface area contributed by atoms with E-state index < -0.39 is 6.04 Å². The molecule has 1 heterocycles. The average molecular weight is 309 g/mol. The van der Waals surface area contributed by atoms with Gasteiger partial charge in [0.2, 0.25) is 5.91 Å². The molecule has 0 saturated heterocycles. The summed E-state index contributed by atoms with van der Waals surface area (Å²) in [5.74, 6) is -0.187. The molecule has 1 aromatic heterocycles. The minimum atomic E-state index is -0.460. The number of aromatic nitrogens is 2. The zero-order chi connectivity index (χ0) is 14.7. The highest BCUT2D eigenvalue weighted by molar-refractivity contribution is 7.80. The third kappa shape index (κ3) is 3.34. The van der Waals surface area contributed by atoms with Gasteiger partial charge in [0, 0.05) is 17.4 Å². The Labute approximate surface area is 126 Å². The van der Waals surface area contributed by atoms with Crippen molar-refractivity contribution in [3.05, 3.63) is 47.2 Å². The van der Waals surface area contributed by atoms with Crippen molar-refractivity contribution in [2.24, 2.45) is 5.73 Å². The van der Waals surface area contributed by atoms with E-state index in [4.69, 9.17) is 29.6 Å². The van der Waals surface area contributed by atoms with Gasteiger partial charge in [-0.15, -0.1) is 0 Å². The Hall–Kier alpha value is -1.92. The SMILES string of the molecule is CC(C(=O)Nc1ccc(C(N)=S)cc1)n1cc(Cl)cn1. The van der Waals surface area contributed by atoms with Crippen LogP contribution in [0.4, 0.5) is 5.69 Å². The number of carbonyl (C=O) groups excluding carboxylic acids is 1. The maximum atomic E-state index is 12.1. The number of benzene rings is 1. The van der Waals surface area contributed by atoms with Crippen LogP contribution in [0.15, 0.2) is 36.7 Å². The third-order valence-electron chi connectivity index (χ3n) is 2.78. The van der Waals surface area contributed by atoms with Crippen molar-refractivity contribution in [3.63, 3.8) is 0 Å². The third-order valence-corrected chi connectivity index (χ3v) is 3.21. The lowest BCUT2D eigenvalue weighted by atomic mass is 10.2. The van der Waals surface area contributed by atoms with E-state index in [0.717, 1.165) is 5.56 Å². The van der Waals surface area contributed by atoms with E-state index in [2.05, 4.69) is 10.4 Å². The van der Waals surface area contributed by atoms with E-state index in [-0.39, 0.29) is 5.91 Å². The van der Waals surface area contributed by atoms with Gasteiger partial charge >= 0.3 is 0 Å². The largest absolute Gasteiger partial charge is 0.389 e. The number of hydrogen-bond acceptors (Lipinski definition) is 3. The van der Waals surface area contributed by atoms with E-state index in [1.807, 2.05) is 0 Å². The molecule has 1 atom stereocenters. The lowest BCUT2D eigenvalue weighted by Gasteiger charge is -2.12. The van der Waals surface area contributed by atoms with Crippen LogP contribution in [-0.2, 0) is 4.79 Å². The number of carbonyl (C=O) groups is 1. The predicted octanol–water partition coefficient (Wildman–Crippen LogP) is 2.37. The van der Waals surface area contributed by atoms with Gasteiger partial charge in [-0.05, 0) is 31.2 Å². The van der Waals surface area contributed by atoms with Gasteiger partial charge in [-0.25, -0.2) is 0 Å². The molecule has 0 aliphatic carbocycles. The quantitative estimate of drug-likeness (QED) is 0.851. The fraction of sp³-hybridized carbons (Fsp3) is 0.154. The number of thiocarbonyl (C=S) groups is 1. The average Bonchev–Trinajstić information content (AvgIpc) is 2.85. The van der Waals surface area contributed by atoms with Crippen molar-refractivity contribution in [1.29, 1.82) is 0 Å². The molecule has 0 bridgehead atoms. The number of anilines is 1. The molecule has 0 fully saturated rings. The molecule has 20 heavy (non-hydrogen) atoms. The Bertz CT molecular complexity index is 638. The van der Waals surface area contributed by atoms with Crippen molar-refractivity contribution in [1.82, 2.24) is 9.78 Å². The number of nitrogens with zero attached hydrogens (tertiary/aromatic N) is 2. The maximum Gasteiger partial charge on any atom is 0.248 e. The number of amides is 1. The molecular formula is C13H13ClN4OS. The Morgan fingerprint density at radius 3 is 2.60 bits per heavy atom. The monoisotopic (exact) mass is 308 g/mol. The van der Waals surface area contributed by atoms with Gasteiger partial charge in [-0.3, -0.25) is 9.48 Å². The van der Waals surface area contributed by atoms with Crippen LogP contribution in [0.1, 0.15) is 18.5 Å². The summed E-state index contributed by atoms with van der Waals surface area (Å²) in [5.41, 5.74) is 6.93. The van der Waals surface area contributed by atoms with E-state index in [1.54, 1.807) is 37.4 Å². The van der Waals surface area contributed by atoms with Gasteiger partial charge in [0.1, 0.15) is 11.0 Å². The smallest absolute Gasteiger partial charge is 0.248 e. The van der Waals surface area contributed by atoms with Gasteiger partial charge in [-0.1, -0.05) is 23.8 Å². The number of nitrogens with two attached hydrogens (primary N) is 1. The molecular weight excluding hydrogens is 296 g/mol. The molecule has 0 spiro atoms. The van der Waals surface area contributed by atoms with Crippen LogP contribution in [0.5, 0.6) is 0 Å². The summed E-state index contributed by atoms with van der Waals surface area (Å²) in [4.78, 5) is 12.4. The van der Waals surface area contributed by atoms with Crippen molar-refractivity contribution in [2.75, 3.05) is 5.32 Å². The summed E-state index contributed by atoms with van der Waals surface area (Å²) in [6.45, 7) is 1.74. The molecule has 0 radical (unpaired) electrons. The molecule has 0 saturated carbocycles. The first-order valence-corrected chi connectivity index (χ1v) is 6.66. The summed E-state index contributed by atoms with van der Waals surface area (Å²) < 4.78 is 1.50. The molecule has 104 valence electrons. The molecule has 1 amide bonds. The Morgan fingerprint density at radius 1 is 1.45 bits per heavy atom. The second-order valence-electron chi connectivity index (χ2n) is 4.25. The zero-order valence-electron chi connectivity index (χ0n) is 10.7. The zero-order valence-corrected chi connectivity index (χ0v) is 12.3. The summed E-state index contributed by atoms with van der Waals surface area (Å²) >= 11 is 10.6. The van der Waals surface area contributed by atoms with Crippen LogP contribution in [0.25, 0.3) is 0 Å². The first-order chi connectivity index (χ1) is 9.47. The molecule has 0 aliphatic heterocycles. The van der Waals surface area contributed by atoms with Crippen LogP contribution in [0.3, 0.4) is 0 Å². The highest BCUT2D eigenvalue weighted by Gasteiger charge is 2.15. The lowest BCUT2D eigenvalue weighted by Crippen LogP contribution is -2.24. The topological polar surface area (TPSA) is 72.9 Å². The minimum Gasteiger partial charge on any atom is -0.389 e. The summed E-state index contributed by atoms with van der Waals surface area (Å²) in [6.07, 6.45) is 3.09. The van der Waals surface area contributed by atoms with Crippen molar-refractivity contribution in [3.8, 4) is 0 Å². The molecule has 2 rings (SSSR count). The van der Waals surface area contributed by atoms with E-state index in [0.29, 0.717) is 15.7 Å². The highest BCUT2D eigenvalue weighted by atomic mass is 35.5.